The Kier molecular flexibility index (Phi) is 5.69. The van der Waals surface area contributed by atoms with Gasteiger partial charge in [0.25, 0.3) is 0 Å². The smallest absolute Gasteiger partial charge is 0.311 e. The minimum absolute atomic E-state index is 0.181. The van der Waals surface area contributed by atoms with Gasteiger partial charge in [-0.25, -0.2) is 0 Å². The summed E-state index contributed by atoms with van der Waals surface area (Å²) in [4.78, 5) is 46.1. The summed E-state index contributed by atoms with van der Waals surface area (Å²) in [6.07, 6.45) is 0.372. The molecule has 0 spiro atoms. The van der Waals surface area contributed by atoms with Crippen molar-refractivity contribution < 1.29 is 29.0 Å². The Morgan fingerprint density at radius 1 is 0.952 bits per heavy atom. The fourth-order valence-corrected chi connectivity index (χ4v) is 2.42. The van der Waals surface area contributed by atoms with Crippen LogP contribution in [0, 0.1) is 11.8 Å². The standard InChI is InChI=1S/C13H20N2O6/c1-4-6(16)14-10-8(12(18)19)9(13(20)21-3)11(10)15-7(17)5-2/h8-11H,4-5H2,1-3H3,(H,14,16)(H,15,17)(H,18,19). The molecule has 8 heteroatoms. The van der Waals surface area contributed by atoms with Gasteiger partial charge in [0.05, 0.1) is 31.0 Å². The van der Waals surface area contributed by atoms with Gasteiger partial charge < -0.3 is 20.5 Å². The lowest BCUT2D eigenvalue weighted by Crippen LogP contribution is -2.73. The Bertz CT molecular complexity index is 450. The molecular weight excluding hydrogens is 280 g/mol. The molecule has 2 amide bonds. The first-order valence-corrected chi connectivity index (χ1v) is 6.76. The Labute approximate surface area is 122 Å². The van der Waals surface area contributed by atoms with Crippen LogP contribution in [0.1, 0.15) is 26.7 Å². The molecule has 1 aliphatic rings. The summed E-state index contributed by atoms with van der Waals surface area (Å²) in [7, 11) is 1.15. The molecular formula is C13H20N2O6. The van der Waals surface area contributed by atoms with Crippen molar-refractivity contribution in [2.24, 2.45) is 11.8 Å². The third kappa shape index (κ3) is 3.50. The lowest BCUT2D eigenvalue weighted by Gasteiger charge is -2.48. The van der Waals surface area contributed by atoms with E-state index in [1.54, 1.807) is 13.8 Å². The number of amides is 2. The van der Waals surface area contributed by atoms with E-state index in [9.17, 15) is 24.3 Å². The Morgan fingerprint density at radius 3 is 1.71 bits per heavy atom. The minimum atomic E-state index is -1.21. The maximum Gasteiger partial charge on any atom is 0.311 e. The summed E-state index contributed by atoms with van der Waals surface area (Å²) < 4.78 is 4.59. The molecule has 3 N–H and O–H groups in total. The summed E-state index contributed by atoms with van der Waals surface area (Å²) >= 11 is 0. The second kappa shape index (κ2) is 7.05. The van der Waals surface area contributed by atoms with Crippen molar-refractivity contribution in [3.8, 4) is 0 Å². The van der Waals surface area contributed by atoms with E-state index in [0.717, 1.165) is 7.11 Å². The number of hydrogen-bond acceptors (Lipinski definition) is 5. The molecule has 8 nitrogen and oxygen atoms in total. The first kappa shape index (κ1) is 16.9. The number of esters is 1. The minimum Gasteiger partial charge on any atom is -0.481 e. The number of rotatable bonds is 6. The van der Waals surface area contributed by atoms with Crippen molar-refractivity contribution in [2.75, 3.05) is 7.11 Å². The molecule has 0 radical (unpaired) electrons. The summed E-state index contributed by atoms with van der Waals surface area (Å²) in [6.45, 7) is 3.26. The third-order valence-electron chi connectivity index (χ3n) is 3.60. The molecule has 0 bridgehead atoms. The van der Waals surface area contributed by atoms with Crippen LogP contribution in [0.4, 0.5) is 0 Å². The van der Waals surface area contributed by atoms with Crippen molar-refractivity contribution in [2.45, 2.75) is 38.8 Å². The molecule has 0 aromatic heterocycles. The van der Waals surface area contributed by atoms with Crippen LogP contribution in [0.2, 0.25) is 0 Å². The molecule has 4 atom stereocenters. The molecule has 4 unspecified atom stereocenters. The van der Waals surface area contributed by atoms with E-state index in [4.69, 9.17) is 0 Å². The summed E-state index contributed by atoms with van der Waals surface area (Å²) in [5.74, 6) is -4.72. The van der Waals surface area contributed by atoms with E-state index < -0.39 is 35.9 Å². The normalized spacial score (nSPS) is 27.2. The van der Waals surface area contributed by atoms with Crippen molar-refractivity contribution in [1.82, 2.24) is 10.6 Å². The number of carboxylic acids is 1. The van der Waals surface area contributed by atoms with Crippen LogP contribution < -0.4 is 10.6 Å². The SMILES string of the molecule is CCC(=O)NC1C(NC(=O)CC)C(C(=O)OC)C1C(=O)O. The maximum absolute atomic E-state index is 11.7. The second-order valence-electron chi connectivity index (χ2n) is 4.81. The van der Waals surface area contributed by atoms with Crippen LogP contribution in [-0.2, 0) is 23.9 Å². The highest BCUT2D eigenvalue weighted by Crippen LogP contribution is 2.36. The average Bonchev–Trinajstić information content (AvgIpc) is 2.46. The zero-order valence-electron chi connectivity index (χ0n) is 12.2. The van der Waals surface area contributed by atoms with Crippen LogP contribution in [0.5, 0.6) is 0 Å². The van der Waals surface area contributed by atoms with Crippen molar-refractivity contribution in [1.29, 1.82) is 0 Å². The quantitative estimate of drug-likeness (QED) is 0.556. The molecule has 0 aromatic carbocycles. The van der Waals surface area contributed by atoms with E-state index in [0.29, 0.717) is 0 Å². The van der Waals surface area contributed by atoms with Crippen LogP contribution >= 0.6 is 0 Å². The van der Waals surface area contributed by atoms with E-state index in [1.165, 1.54) is 0 Å². The number of methoxy groups -OCH3 is 1. The second-order valence-corrected chi connectivity index (χ2v) is 4.81. The summed E-state index contributed by atoms with van der Waals surface area (Å²) in [5, 5.41) is 14.4. The molecule has 0 heterocycles. The first-order valence-electron chi connectivity index (χ1n) is 6.76. The molecule has 0 saturated heterocycles. The molecule has 1 fully saturated rings. The van der Waals surface area contributed by atoms with Crippen LogP contribution in [0.15, 0.2) is 0 Å². The van der Waals surface area contributed by atoms with Gasteiger partial charge in [-0.2, -0.15) is 0 Å². The zero-order valence-corrected chi connectivity index (χ0v) is 12.2. The fraction of sp³-hybridized carbons (Fsp3) is 0.692. The Morgan fingerprint density at radius 2 is 1.38 bits per heavy atom. The Balaban J connectivity index is 2.98. The van der Waals surface area contributed by atoms with Gasteiger partial charge in [0.1, 0.15) is 0 Å². The van der Waals surface area contributed by atoms with Gasteiger partial charge in [-0.15, -0.1) is 0 Å². The molecule has 118 valence electrons. The molecule has 0 aromatic rings. The molecule has 21 heavy (non-hydrogen) atoms. The highest BCUT2D eigenvalue weighted by molar-refractivity contribution is 5.88. The first-order chi connectivity index (χ1) is 9.87. The highest BCUT2D eigenvalue weighted by Gasteiger charge is 2.59. The topological polar surface area (TPSA) is 122 Å². The number of nitrogens with one attached hydrogen (secondary N) is 2. The number of ether oxygens (including phenoxy) is 1. The maximum atomic E-state index is 11.7. The number of carbonyl (C=O) groups is 4. The van der Waals surface area contributed by atoms with Gasteiger partial charge in [0.2, 0.25) is 11.8 Å². The number of carboxylic acid groups (broad SMARTS) is 1. The largest absolute Gasteiger partial charge is 0.481 e. The van der Waals surface area contributed by atoms with E-state index in [-0.39, 0.29) is 24.7 Å². The number of carbonyl (C=O) groups excluding carboxylic acids is 3. The summed E-state index contributed by atoms with van der Waals surface area (Å²) in [6, 6.07) is -1.60. The molecule has 1 rings (SSSR count). The lowest BCUT2D eigenvalue weighted by molar-refractivity contribution is -0.169. The third-order valence-corrected chi connectivity index (χ3v) is 3.60. The van der Waals surface area contributed by atoms with Crippen LogP contribution in [-0.4, -0.2) is 48.1 Å². The monoisotopic (exact) mass is 300 g/mol. The van der Waals surface area contributed by atoms with Gasteiger partial charge in [-0.1, -0.05) is 13.8 Å². The van der Waals surface area contributed by atoms with Crippen molar-refractivity contribution >= 4 is 23.8 Å². The van der Waals surface area contributed by atoms with Gasteiger partial charge in [0, 0.05) is 12.8 Å². The number of hydrogen-bond donors (Lipinski definition) is 3. The van der Waals surface area contributed by atoms with Crippen LogP contribution in [0.25, 0.3) is 0 Å². The van der Waals surface area contributed by atoms with E-state index >= 15 is 0 Å². The van der Waals surface area contributed by atoms with E-state index in [1.807, 2.05) is 0 Å². The van der Waals surface area contributed by atoms with Crippen LogP contribution in [0.3, 0.4) is 0 Å². The van der Waals surface area contributed by atoms with Crippen molar-refractivity contribution in [3.05, 3.63) is 0 Å². The lowest BCUT2D eigenvalue weighted by atomic mass is 9.64. The summed E-state index contributed by atoms with van der Waals surface area (Å²) in [5.41, 5.74) is 0. The Hall–Kier alpha value is -2.12. The zero-order chi connectivity index (χ0) is 16.2. The number of aliphatic carboxylic acids is 1. The van der Waals surface area contributed by atoms with Gasteiger partial charge in [0.15, 0.2) is 0 Å². The highest BCUT2D eigenvalue weighted by atomic mass is 16.5. The van der Waals surface area contributed by atoms with E-state index in [2.05, 4.69) is 15.4 Å². The van der Waals surface area contributed by atoms with Crippen molar-refractivity contribution in [3.63, 3.8) is 0 Å². The predicted molar refractivity (Wildman–Crippen MR) is 71.1 cm³/mol. The molecule has 1 aliphatic carbocycles. The van der Waals surface area contributed by atoms with Gasteiger partial charge >= 0.3 is 11.9 Å². The molecule has 1 saturated carbocycles. The van der Waals surface area contributed by atoms with Gasteiger partial charge in [-0.3, -0.25) is 19.2 Å². The molecule has 0 aliphatic heterocycles. The fourth-order valence-electron chi connectivity index (χ4n) is 2.42. The van der Waals surface area contributed by atoms with Gasteiger partial charge in [-0.05, 0) is 0 Å². The average molecular weight is 300 g/mol. The predicted octanol–water partition coefficient (Wildman–Crippen LogP) is -0.720.